The van der Waals surface area contributed by atoms with Gasteiger partial charge in [0, 0.05) is 6.61 Å². The maximum absolute atomic E-state index is 9.51. The van der Waals surface area contributed by atoms with Gasteiger partial charge in [-0.2, -0.15) is 0 Å². The normalized spacial score (nSPS) is 26.8. The third-order valence-corrected chi connectivity index (χ3v) is 3.02. The highest BCUT2D eigenvalue weighted by atomic mass is 16.7. The Balaban J connectivity index is 2.18. The lowest BCUT2D eigenvalue weighted by atomic mass is 10.1. The fraction of sp³-hybridized carbons (Fsp3) is 1.00. The topological polar surface area (TPSA) is 64.7 Å². The summed E-state index contributed by atoms with van der Waals surface area (Å²) >= 11 is 0. The molecule has 3 unspecified atom stereocenters. The first-order chi connectivity index (χ1) is 7.74. The number of aliphatic hydroxyl groups is 1. The van der Waals surface area contributed by atoms with Gasteiger partial charge < -0.3 is 20.3 Å². The first-order valence-corrected chi connectivity index (χ1v) is 6.41. The molecule has 3 atom stereocenters. The molecule has 3 N–H and O–H groups in total. The van der Waals surface area contributed by atoms with Gasteiger partial charge in [-0.05, 0) is 25.7 Å². The Morgan fingerprint density at radius 2 is 2.12 bits per heavy atom. The highest BCUT2D eigenvalue weighted by Gasteiger charge is 2.17. The number of hydrogen-bond acceptors (Lipinski definition) is 4. The summed E-state index contributed by atoms with van der Waals surface area (Å²) in [5, 5.41) is 9.51. The van der Waals surface area contributed by atoms with Crippen molar-refractivity contribution >= 4 is 0 Å². The number of ether oxygens (including phenoxy) is 2. The van der Waals surface area contributed by atoms with Gasteiger partial charge >= 0.3 is 0 Å². The largest absolute Gasteiger partial charge is 0.391 e. The molecule has 0 aliphatic carbocycles. The van der Waals surface area contributed by atoms with Crippen LogP contribution >= 0.6 is 0 Å². The monoisotopic (exact) mass is 231 g/mol. The molecule has 1 rings (SSSR count). The molecule has 1 saturated heterocycles. The molecule has 0 amide bonds. The predicted octanol–water partition coefficient (Wildman–Crippen LogP) is 1.41. The molecule has 0 aromatic rings. The van der Waals surface area contributed by atoms with Crippen molar-refractivity contribution in [2.75, 3.05) is 13.2 Å². The molecular formula is C12H25NO3. The molecule has 1 fully saturated rings. The van der Waals surface area contributed by atoms with E-state index in [1.165, 1.54) is 12.8 Å². The molecule has 1 aliphatic rings. The molecule has 96 valence electrons. The lowest BCUT2D eigenvalue weighted by molar-refractivity contribution is -0.157. The van der Waals surface area contributed by atoms with E-state index >= 15 is 0 Å². The van der Waals surface area contributed by atoms with Gasteiger partial charge in [0.05, 0.1) is 18.8 Å². The van der Waals surface area contributed by atoms with Crippen LogP contribution in [0.5, 0.6) is 0 Å². The van der Waals surface area contributed by atoms with Crippen molar-refractivity contribution in [3.05, 3.63) is 0 Å². The highest BCUT2D eigenvalue weighted by Crippen LogP contribution is 2.14. The second kappa shape index (κ2) is 8.01. The number of nitrogens with two attached hydrogens (primary N) is 1. The Bertz CT molecular complexity index is 170. The molecule has 0 aromatic carbocycles. The van der Waals surface area contributed by atoms with E-state index in [4.69, 9.17) is 15.2 Å². The first kappa shape index (κ1) is 13.9. The smallest absolute Gasteiger partial charge is 0.157 e. The van der Waals surface area contributed by atoms with Crippen LogP contribution in [0.1, 0.15) is 45.4 Å². The number of rotatable bonds is 5. The summed E-state index contributed by atoms with van der Waals surface area (Å²) in [6.07, 6.45) is 5.77. The van der Waals surface area contributed by atoms with Crippen LogP contribution in [0.2, 0.25) is 0 Å². The number of hydrogen-bond donors (Lipinski definition) is 2. The lowest BCUT2D eigenvalue weighted by Gasteiger charge is -2.24. The van der Waals surface area contributed by atoms with Crippen LogP contribution in [0.4, 0.5) is 0 Å². The van der Waals surface area contributed by atoms with Crippen LogP contribution in [-0.4, -0.2) is 36.8 Å². The van der Waals surface area contributed by atoms with Gasteiger partial charge in [0.25, 0.3) is 0 Å². The fourth-order valence-electron chi connectivity index (χ4n) is 1.83. The molecule has 4 nitrogen and oxygen atoms in total. The van der Waals surface area contributed by atoms with Crippen LogP contribution in [0.3, 0.4) is 0 Å². The molecule has 0 bridgehead atoms. The summed E-state index contributed by atoms with van der Waals surface area (Å²) in [4.78, 5) is 0. The minimum absolute atomic E-state index is 0.129. The third-order valence-electron chi connectivity index (χ3n) is 3.02. The molecule has 0 saturated carbocycles. The average molecular weight is 231 g/mol. The van der Waals surface area contributed by atoms with E-state index in [0.717, 1.165) is 25.9 Å². The van der Waals surface area contributed by atoms with Gasteiger partial charge in [-0.1, -0.05) is 19.8 Å². The highest BCUT2D eigenvalue weighted by molar-refractivity contribution is 4.69. The van der Waals surface area contributed by atoms with Crippen LogP contribution in [0.25, 0.3) is 0 Å². The lowest BCUT2D eigenvalue weighted by Crippen LogP contribution is -2.40. The Morgan fingerprint density at radius 3 is 2.88 bits per heavy atom. The van der Waals surface area contributed by atoms with E-state index in [0.29, 0.717) is 13.0 Å². The summed E-state index contributed by atoms with van der Waals surface area (Å²) in [6, 6.07) is -0.306. The second-order valence-electron chi connectivity index (χ2n) is 4.48. The molecule has 4 heteroatoms. The zero-order chi connectivity index (χ0) is 11.8. The van der Waals surface area contributed by atoms with Gasteiger partial charge in [-0.15, -0.1) is 0 Å². The first-order valence-electron chi connectivity index (χ1n) is 6.41. The SMILES string of the molecule is CCC(O)C(N)COC1CCCCCCO1. The molecule has 0 aromatic heterocycles. The summed E-state index contributed by atoms with van der Waals surface area (Å²) in [5.41, 5.74) is 5.78. The van der Waals surface area contributed by atoms with E-state index < -0.39 is 6.10 Å². The van der Waals surface area contributed by atoms with Crippen LogP contribution in [0.15, 0.2) is 0 Å². The van der Waals surface area contributed by atoms with Crippen molar-refractivity contribution in [1.29, 1.82) is 0 Å². The average Bonchev–Trinajstić information content (AvgIpc) is 2.26. The Morgan fingerprint density at radius 1 is 1.38 bits per heavy atom. The van der Waals surface area contributed by atoms with Gasteiger partial charge in [0.2, 0.25) is 0 Å². The van der Waals surface area contributed by atoms with Gasteiger partial charge in [0.15, 0.2) is 6.29 Å². The molecular weight excluding hydrogens is 206 g/mol. The second-order valence-corrected chi connectivity index (χ2v) is 4.48. The van der Waals surface area contributed by atoms with Crippen molar-refractivity contribution in [1.82, 2.24) is 0 Å². The van der Waals surface area contributed by atoms with Gasteiger partial charge in [-0.3, -0.25) is 0 Å². The minimum Gasteiger partial charge on any atom is -0.391 e. The standard InChI is InChI=1S/C12H25NO3/c1-2-11(14)10(13)9-16-12-7-5-3-4-6-8-15-12/h10-12,14H,2-9,13H2,1H3. The number of aliphatic hydroxyl groups excluding tert-OH is 1. The summed E-state index contributed by atoms with van der Waals surface area (Å²) < 4.78 is 11.2. The van der Waals surface area contributed by atoms with Gasteiger partial charge in [0.1, 0.15) is 0 Å². The van der Waals surface area contributed by atoms with Crippen molar-refractivity contribution in [3.63, 3.8) is 0 Å². The molecule has 1 heterocycles. The molecule has 0 radical (unpaired) electrons. The van der Waals surface area contributed by atoms with Crippen molar-refractivity contribution < 1.29 is 14.6 Å². The predicted molar refractivity (Wildman–Crippen MR) is 63.1 cm³/mol. The van der Waals surface area contributed by atoms with E-state index in [2.05, 4.69) is 0 Å². The van der Waals surface area contributed by atoms with E-state index in [9.17, 15) is 5.11 Å². The zero-order valence-corrected chi connectivity index (χ0v) is 10.2. The van der Waals surface area contributed by atoms with Crippen LogP contribution in [0, 0.1) is 0 Å². The van der Waals surface area contributed by atoms with Crippen LogP contribution in [-0.2, 0) is 9.47 Å². The Kier molecular flexibility index (Phi) is 6.96. The zero-order valence-electron chi connectivity index (χ0n) is 10.2. The Labute approximate surface area is 98.1 Å². The fourth-order valence-corrected chi connectivity index (χ4v) is 1.83. The summed E-state index contributed by atoms with van der Waals surface area (Å²) in [7, 11) is 0. The van der Waals surface area contributed by atoms with E-state index in [1.54, 1.807) is 0 Å². The summed E-state index contributed by atoms with van der Waals surface area (Å²) in [5.74, 6) is 0. The van der Waals surface area contributed by atoms with Crippen molar-refractivity contribution in [3.8, 4) is 0 Å². The van der Waals surface area contributed by atoms with Crippen LogP contribution < -0.4 is 5.73 Å². The molecule has 16 heavy (non-hydrogen) atoms. The van der Waals surface area contributed by atoms with E-state index in [1.807, 2.05) is 6.92 Å². The third kappa shape index (κ3) is 5.25. The van der Waals surface area contributed by atoms with Crippen molar-refractivity contribution in [2.45, 2.75) is 63.9 Å². The molecule has 0 spiro atoms. The molecule has 1 aliphatic heterocycles. The minimum atomic E-state index is -0.478. The quantitative estimate of drug-likeness (QED) is 0.751. The van der Waals surface area contributed by atoms with E-state index in [-0.39, 0.29) is 12.3 Å². The van der Waals surface area contributed by atoms with Crippen molar-refractivity contribution in [2.24, 2.45) is 5.73 Å². The maximum atomic E-state index is 9.51. The Hall–Kier alpha value is -0.160. The summed E-state index contributed by atoms with van der Waals surface area (Å²) in [6.45, 7) is 3.06. The van der Waals surface area contributed by atoms with Gasteiger partial charge in [-0.25, -0.2) is 0 Å². The maximum Gasteiger partial charge on any atom is 0.157 e.